The molecule has 1 fully saturated rings. The molecule has 0 bridgehead atoms. The summed E-state index contributed by atoms with van der Waals surface area (Å²) in [6.07, 6.45) is 10.6. The predicted octanol–water partition coefficient (Wildman–Crippen LogP) is 3.45. The molecule has 94 valence electrons. The Hall–Kier alpha value is -0.960. The summed E-state index contributed by atoms with van der Waals surface area (Å²) in [5, 5.41) is 3.29. The Labute approximate surface area is 103 Å². The van der Waals surface area contributed by atoms with Crippen molar-refractivity contribution >= 4 is 0 Å². The van der Waals surface area contributed by atoms with E-state index in [4.69, 9.17) is 0 Å². The number of pyridine rings is 1. The van der Waals surface area contributed by atoms with E-state index in [0.717, 1.165) is 5.56 Å². The lowest BCUT2D eigenvalue weighted by Gasteiger charge is -2.26. The maximum absolute atomic E-state index is 13.8. The lowest BCUT2D eigenvalue weighted by molar-refractivity contribution is 0.333. The van der Waals surface area contributed by atoms with Gasteiger partial charge in [0, 0.05) is 17.8 Å². The zero-order valence-electron chi connectivity index (χ0n) is 10.5. The molecule has 1 aromatic rings. The van der Waals surface area contributed by atoms with Gasteiger partial charge in [0.05, 0.1) is 6.20 Å². The second kappa shape index (κ2) is 6.10. The molecule has 1 aliphatic rings. The molecule has 0 aliphatic heterocycles. The van der Waals surface area contributed by atoms with Crippen LogP contribution in [-0.4, -0.2) is 12.0 Å². The molecule has 0 saturated heterocycles. The molecule has 1 heterocycles. The van der Waals surface area contributed by atoms with Crippen molar-refractivity contribution in [3.05, 3.63) is 29.8 Å². The van der Waals surface area contributed by atoms with Gasteiger partial charge in [-0.15, -0.1) is 0 Å². The average Bonchev–Trinajstić information content (AvgIpc) is 2.62. The van der Waals surface area contributed by atoms with Gasteiger partial charge in [-0.3, -0.25) is 4.98 Å². The van der Waals surface area contributed by atoms with Crippen molar-refractivity contribution in [1.82, 2.24) is 10.3 Å². The van der Waals surface area contributed by atoms with Crippen molar-refractivity contribution < 1.29 is 4.39 Å². The van der Waals surface area contributed by atoms with Gasteiger partial charge in [0.25, 0.3) is 0 Å². The van der Waals surface area contributed by atoms with Gasteiger partial charge in [-0.05, 0) is 31.9 Å². The topological polar surface area (TPSA) is 24.9 Å². The van der Waals surface area contributed by atoms with Gasteiger partial charge in [0.15, 0.2) is 0 Å². The third-order valence-corrected chi connectivity index (χ3v) is 3.82. The van der Waals surface area contributed by atoms with E-state index >= 15 is 0 Å². The van der Waals surface area contributed by atoms with E-state index < -0.39 is 0 Å². The number of nitrogens with zero attached hydrogens (tertiary/aromatic N) is 1. The highest BCUT2D eigenvalue weighted by Gasteiger charge is 2.24. The van der Waals surface area contributed by atoms with Gasteiger partial charge in [-0.2, -0.15) is 0 Å². The molecule has 17 heavy (non-hydrogen) atoms. The van der Waals surface area contributed by atoms with Crippen molar-refractivity contribution in [3.63, 3.8) is 0 Å². The molecular formula is C14H21FN2. The van der Waals surface area contributed by atoms with Crippen LogP contribution in [0.1, 0.15) is 50.1 Å². The second-order valence-electron chi connectivity index (χ2n) is 4.92. The summed E-state index contributed by atoms with van der Waals surface area (Å²) < 4.78 is 13.8. The first-order valence-corrected chi connectivity index (χ1v) is 6.59. The molecule has 2 nitrogen and oxygen atoms in total. The molecule has 0 aromatic carbocycles. The molecular weight excluding hydrogens is 215 g/mol. The summed E-state index contributed by atoms with van der Waals surface area (Å²) in [4.78, 5) is 3.82. The molecule has 1 saturated carbocycles. The summed E-state index contributed by atoms with van der Waals surface area (Å²) in [6.45, 7) is 0. The van der Waals surface area contributed by atoms with Crippen LogP contribution in [0, 0.1) is 11.7 Å². The van der Waals surface area contributed by atoms with Crippen LogP contribution in [-0.2, 0) is 0 Å². The van der Waals surface area contributed by atoms with Crippen LogP contribution in [0.25, 0.3) is 0 Å². The van der Waals surface area contributed by atoms with Crippen molar-refractivity contribution in [2.24, 2.45) is 5.92 Å². The number of nitrogens with one attached hydrogen (secondary N) is 1. The minimum absolute atomic E-state index is 0.135. The summed E-state index contributed by atoms with van der Waals surface area (Å²) in [5.74, 6) is 0.371. The molecule has 2 rings (SSSR count). The number of rotatable bonds is 3. The standard InChI is InChI=1S/C14H21FN2/c1-16-14(11-6-4-2-3-5-7-11)12-8-9-17-10-13(12)15/h8-11,14,16H,2-7H2,1H3. The first-order valence-electron chi connectivity index (χ1n) is 6.59. The van der Waals surface area contributed by atoms with Gasteiger partial charge < -0.3 is 5.32 Å². The highest BCUT2D eigenvalue weighted by molar-refractivity contribution is 5.18. The lowest BCUT2D eigenvalue weighted by Crippen LogP contribution is -2.26. The Bertz CT molecular complexity index is 346. The van der Waals surface area contributed by atoms with Crippen LogP contribution >= 0.6 is 0 Å². The summed E-state index contributed by atoms with van der Waals surface area (Å²) >= 11 is 0. The minimum Gasteiger partial charge on any atom is -0.313 e. The number of aromatic nitrogens is 1. The van der Waals surface area contributed by atoms with Crippen molar-refractivity contribution in [1.29, 1.82) is 0 Å². The summed E-state index contributed by atoms with van der Waals surface area (Å²) in [5.41, 5.74) is 0.773. The molecule has 0 spiro atoms. The molecule has 1 aromatic heterocycles. The molecule has 1 unspecified atom stereocenters. The zero-order chi connectivity index (χ0) is 12.1. The van der Waals surface area contributed by atoms with Crippen LogP contribution in [0.5, 0.6) is 0 Å². The minimum atomic E-state index is -0.184. The molecule has 0 radical (unpaired) electrons. The first-order chi connectivity index (χ1) is 8.33. The molecule has 1 atom stereocenters. The monoisotopic (exact) mass is 236 g/mol. The van der Waals surface area contributed by atoms with Crippen LogP contribution in [0.2, 0.25) is 0 Å². The van der Waals surface area contributed by atoms with Crippen molar-refractivity contribution in [2.45, 2.75) is 44.6 Å². The highest BCUT2D eigenvalue weighted by atomic mass is 19.1. The second-order valence-corrected chi connectivity index (χ2v) is 4.92. The third kappa shape index (κ3) is 3.03. The molecule has 3 heteroatoms. The van der Waals surface area contributed by atoms with Crippen molar-refractivity contribution in [2.75, 3.05) is 7.05 Å². The van der Waals surface area contributed by atoms with E-state index in [-0.39, 0.29) is 11.9 Å². The van der Waals surface area contributed by atoms with E-state index in [1.165, 1.54) is 44.7 Å². The quantitative estimate of drug-likeness (QED) is 0.813. The number of halogens is 1. The Morgan fingerprint density at radius 3 is 2.59 bits per heavy atom. The molecule has 0 amide bonds. The smallest absolute Gasteiger partial charge is 0.146 e. The SMILES string of the molecule is CNC(c1ccncc1F)C1CCCCCC1. The maximum atomic E-state index is 13.8. The van der Waals surface area contributed by atoms with Gasteiger partial charge in [-0.1, -0.05) is 25.7 Å². The number of hydrogen-bond donors (Lipinski definition) is 1. The van der Waals surface area contributed by atoms with Gasteiger partial charge in [0.1, 0.15) is 5.82 Å². The Kier molecular flexibility index (Phi) is 4.49. The molecule has 1 N–H and O–H groups in total. The van der Waals surface area contributed by atoms with E-state index in [1.54, 1.807) is 12.3 Å². The van der Waals surface area contributed by atoms with Crippen molar-refractivity contribution in [3.8, 4) is 0 Å². The number of hydrogen-bond acceptors (Lipinski definition) is 2. The van der Waals surface area contributed by atoms with Gasteiger partial charge in [-0.25, -0.2) is 4.39 Å². The Morgan fingerprint density at radius 1 is 1.29 bits per heavy atom. The lowest BCUT2D eigenvalue weighted by atomic mass is 9.87. The fourth-order valence-electron chi connectivity index (χ4n) is 2.93. The third-order valence-electron chi connectivity index (χ3n) is 3.82. The van der Waals surface area contributed by atoms with E-state index in [0.29, 0.717) is 5.92 Å². The normalized spacial score (nSPS) is 19.9. The fraction of sp³-hybridized carbons (Fsp3) is 0.643. The van der Waals surface area contributed by atoms with Crippen LogP contribution in [0.3, 0.4) is 0 Å². The van der Waals surface area contributed by atoms with Crippen LogP contribution in [0.15, 0.2) is 18.5 Å². The largest absolute Gasteiger partial charge is 0.313 e. The first kappa shape index (κ1) is 12.5. The van der Waals surface area contributed by atoms with Crippen LogP contribution < -0.4 is 5.32 Å². The summed E-state index contributed by atoms with van der Waals surface area (Å²) in [7, 11) is 1.93. The maximum Gasteiger partial charge on any atom is 0.146 e. The average molecular weight is 236 g/mol. The Balaban J connectivity index is 2.17. The molecule has 1 aliphatic carbocycles. The van der Waals surface area contributed by atoms with E-state index in [2.05, 4.69) is 10.3 Å². The van der Waals surface area contributed by atoms with Gasteiger partial charge in [0.2, 0.25) is 0 Å². The van der Waals surface area contributed by atoms with E-state index in [9.17, 15) is 4.39 Å². The van der Waals surface area contributed by atoms with E-state index in [1.807, 2.05) is 7.05 Å². The Morgan fingerprint density at radius 2 is 2.00 bits per heavy atom. The highest BCUT2D eigenvalue weighted by Crippen LogP contribution is 2.33. The fourth-order valence-corrected chi connectivity index (χ4v) is 2.93. The predicted molar refractivity (Wildman–Crippen MR) is 67.2 cm³/mol. The van der Waals surface area contributed by atoms with Crippen LogP contribution in [0.4, 0.5) is 4.39 Å². The van der Waals surface area contributed by atoms with Gasteiger partial charge >= 0.3 is 0 Å². The zero-order valence-corrected chi connectivity index (χ0v) is 10.5. The summed E-state index contributed by atoms with van der Waals surface area (Å²) in [6, 6.07) is 1.94.